The normalized spacial score (nSPS) is 28.8. The molecule has 1 fully saturated rings. The SMILES string of the molecule is CCCCCCC[C@@]1(OC)O[C@@](C(=O)OC)(/C(=C/C(=O)OC)C(=O)OC)[C@H](O)[C@H]1O. The number of hydrogen-bond donors (Lipinski definition) is 2. The summed E-state index contributed by atoms with van der Waals surface area (Å²) in [5.74, 6) is -5.17. The Labute approximate surface area is 176 Å². The first-order chi connectivity index (χ1) is 14.2. The Morgan fingerprint density at radius 1 is 0.933 bits per heavy atom. The zero-order valence-corrected chi connectivity index (χ0v) is 18.1. The molecule has 10 nitrogen and oxygen atoms in total. The van der Waals surface area contributed by atoms with Crippen molar-refractivity contribution in [2.24, 2.45) is 0 Å². The van der Waals surface area contributed by atoms with Gasteiger partial charge in [-0.15, -0.1) is 0 Å². The van der Waals surface area contributed by atoms with E-state index in [4.69, 9.17) is 14.2 Å². The molecule has 0 saturated carbocycles. The average molecular weight is 432 g/mol. The maximum Gasteiger partial charge on any atom is 0.346 e. The van der Waals surface area contributed by atoms with Gasteiger partial charge in [0, 0.05) is 19.6 Å². The number of carbonyl (C=O) groups excluding carboxylic acids is 3. The first kappa shape index (κ1) is 26.0. The van der Waals surface area contributed by atoms with Crippen LogP contribution >= 0.6 is 0 Å². The summed E-state index contributed by atoms with van der Waals surface area (Å²) in [4.78, 5) is 37.1. The van der Waals surface area contributed by atoms with Gasteiger partial charge < -0.3 is 33.9 Å². The highest BCUT2D eigenvalue weighted by Gasteiger charge is 2.69. The number of rotatable bonds is 11. The predicted molar refractivity (Wildman–Crippen MR) is 103 cm³/mol. The van der Waals surface area contributed by atoms with E-state index in [0.29, 0.717) is 12.5 Å². The van der Waals surface area contributed by atoms with Gasteiger partial charge in [-0.1, -0.05) is 32.6 Å². The van der Waals surface area contributed by atoms with Crippen molar-refractivity contribution in [2.45, 2.75) is 69.0 Å². The van der Waals surface area contributed by atoms with Crippen molar-refractivity contribution in [3.05, 3.63) is 11.6 Å². The van der Waals surface area contributed by atoms with Crippen molar-refractivity contribution in [3.63, 3.8) is 0 Å². The van der Waals surface area contributed by atoms with Crippen molar-refractivity contribution in [1.82, 2.24) is 0 Å². The Bertz CT molecular complexity index is 645. The molecule has 0 aromatic heterocycles. The summed E-state index contributed by atoms with van der Waals surface area (Å²) in [6.45, 7) is 2.07. The Balaban J connectivity index is 3.46. The summed E-state index contributed by atoms with van der Waals surface area (Å²) < 4.78 is 25.2. The van der Waals surface area contributed by atoms with Crippen LogP contribution < -0.4 is 0 Å². The number of esters is 3. The van der Waals surface area contributed by atoms with Crippen LogP contribution in [0, 0.1) is 0 Å². The van der Waals surface area contributed by atoms with Crippen LogP contribution in [0.5, 0.6) is 0 Å². The Hall–Kier alpha value is -2.01. The van der Waals surface area contributed by atoms with Crippen LogP contribution in [0.3, 0.4) is 0 Å². The zero-order chi connectivity index (χ0) is 22.9. The molecular weight excluding hydrogens is 400 g/mol. The number of carbonyl (C=O) groups is 3. The second-order valence-corrected chi connectivity index (χ2v) is 6.97. The Kier molecular flexibility index (Phi) is 9.89. The summed E-state index contributed by atoms with van der Waals surface area (Å²) in [5, 5.41) is 21.6. The van der Waals surface area contributed by atoms with E-state index in [0.717, 1.165) is 47.0 Å². The molecule has 0 aromatic carbocycles. The summed E-state index contributed by atoms with van der Waals surface area (Å²) in [6, 6.07) is 0. The maximum absolute atomic E-state index is 12.8. The molecule has 0 aromatic rings. The van der Waals surface area contributed by atoms with Gasteiger partial charge in [0.05, 0.1) is 26.9 Å². The van der Waals surface area contributed by atoms with Gasteiger partial charge in [-0.05, 0) is 6.42 Å². The minimum absolute atomic E-state index is 0.122. The van der Waals surface area contributed by atoms with E-state index in [1.807, 2.05) is 0 Å². The van der Waals surface area contributed by atoms with Gasteiger partial charge in [0.15, 0.2) is 5.79 Å². The molecule has 0 spiro atoms. The van der Waals surface area contributed by atoms with Gasteiger partial charge in [-0.25, -0.2) is 14.4 Å². The van der Waals surface area contributed by atoms with E-state index >= 15 is 0 Å². The van der Waals surface area contributed by atoms with Gasteiger partial charge in [-0.2, -0.15) is 0 Å². The molecule has 1 aliphatic rings. The fourth-order valence-corrected chi connectivity index (χ4v) is 3.54. The number of aliphatic hydroxyl groups is 2. The van der Waals surface area contributed by atoms with Crippen LogP contribution in [-0.2, 0) is 38.1 Å². The average Bonchev–Trinajstić information content (AvgIpc) is 2.99. The van der Waals surface area contributed by atoms with Crippen LogP contribution in [-0.4, -0.2) is 80.2 Å². The molecule has 1 saturated heterocycles. The number of hydrogen-bond acceptors (Lipinski definition) is 10. The van der Waals surface area contributed by atoms with E-state index in [1.54, 1.807) is 0 Å². The molecule has 0 bridgehead atoms. The molecule has 0 unspecified atom stereocenters. The van der Waals surface area contributed by atoms with Gasteiger partial charge in [0.25, 0.3) is 0 Å². The van der Waals surface area contributed by atoms with Crippen LogP contribution in [0.1, 0.15) is 45.4 Å². The topological polar surface area (TPSA) is 138 Å². The summed E-state index contributed by atoms with van der Waals surface area (Å²) >= 11 is 0. The minimum Gasteiger partial charge on any atom is -0.467 e. The second-order valence-electron chi connectivity index (χ2n) is 6.97. The molecule has 30 heavy (non-hydrogen) atoms. The molecule has 0 amide bonds. The zero-order valence-electron chi connectivity index (χ0n) is 18.1. The molecular formula is C20H32O10. The lowest BCUT2D eigenvalue weighted by Gasteiger charge is -2.33. The van der Waals surface area contributed by atoms with Crippen LogP contribution in [0.4, 0.5) is 0 Å². The molecule has 172 valence electrons. The van der Waals surface area contributed by atoms with Gasteiger partial charge >= 0.3 is 17.9 Å². The van der Waals surface area contributed by atoms with Crippen molar-refractivity contribution in [1.29, 1.82) is 0 Å². The first-order valence-corrected chi connectivity index (χ1v) is 9.79. The van der Waals surface area contributed by atoms with Crippen LogP contribution in [0.2, 0.25) is 0 Å². The smallest absolute Gasteiger partial charge is 0.346 e. The summed E-state index contributed by atoms with van der Waals surface area (Å²) in [5.41, 5.74) is -3.24. The highest BCUT2D eigenvalue weighted by molar-refractivity contribution is 6.05. The molecule has 0 aliphatic carbocycles. The Morgan fingerprint density at radius 3 is 2.07 bits per heavy atom. The van der Waals surface area contributed by atoms with E-state index in [2.05, 4.69) is 16.4 Å². The van der Waals surface area contributed by atoms with Crippen molar-refractivity contribution < 1.29 is 48.3 Å². The maximum atomic E-state index is 12.8. The van der Waals surface area contributed by atoms with E-state index in [-0.39, 0.29) is 6.42 Å². The van der Waals surface area contributed by atoms with E-state index < -0.39 is 47.1 Å². The second kappa shape index (κ2) is 11.4. The highest BCUT2D eigenvalue weighted by Crippen LogP contribution is 2.46. The van der Waals surface area contributed by atoms with E-state index in [1.165, 1.54) is 7.11 Å². The van der Waals surface area contributed by atoms with Crippen LogP contribution in [0.25, 0.3) is 0 Å². The van der Waals surface area contributed by atoms with Gasteiger partial charge in [0.1, 0.15) is 12.2 Å². The lowest BCUT2D eigenvalue weighted by Crippen LogP contribution is -2.54. The molecule has 1 rings (SSSR count). The fourth-order valence-electron chi connectivity index (χ4n) is 3.54. The monoisotopic (exact) mass is 432 g/mol. The van der Waals surface area contributed by atoms with Gasteiger partial charge in [0.2, 0.25) is 5.60 Å². The Morgan fingerprint density at radius 2 is 1.57 bits per heavy atom. The lowest BCUT2D eigenvalue weighted by molar-refractivity contribution is -0.263. The van der Waals surface area contributed by atoms with Crippen molar-refractivity contribution >= 4 is 17.9 Å². The highest BCUT2D eigenvalue weighted by atomic mass is 16.7. The number of methoxy groups -OCH3 is 4. The third-order valence-electron chi connectivity index (χ3n) is 5.23. The predicted octanol–water partition coefficient (Wildman–Crippen LogP) is 0.626. The van der Waals surface area contributed by atoms with Gasteiger partial charge in [-0.3, -0.25) is 0 Å². The number of ether oxygens (including phenoxy) is 5. The van der Waals surface area contributed by atoms with Crippen LogP contribution in [0.15, 0.2) is 11.6 Å². The number of unbranched alkanes of at least 4 members (excludes halogenated alkanes) is 4. The molecule has 2 N–H and O–H groups in total. The number of aliphatic hydroxyl groups excluding tert-OH is 2. The van der Waals surface area contributed by atoms with Crippen molar-refractivity contribution in [2.75, 3.05) is 28.4 Å². The standard InChI is InChI=1S/C20H32O10/c1-6-7-8-9-10-11-19(29-5)15(22)16(23)20(30-19,18(25)28-4)13(17(24)27-3)12-14(21)26-2/h12,15-16,22-23H,6-11H2,1-5H3/b13-12+/t15-,16-,19-,20+/m1/s1. The quantitative estimate of drug-likeness (QED) is 0.207. The third kappa shape index (κ3) is 5.00. The first-order valence-electron chi connectivity index (χ1n) is 9.79. The third-order valence-corrected chi connectivity index (χ3v) is 5.23. The van der Waals surface area contributed by atoms with Crippen molar-refractivity contribution in [3.8, 4) is 0 Å². The molecule has 0 radical (unpaired) electrons. The molecule has 4 atom stereocenters. The van der Waals surface area contributed by atoms with E-state index in [9.17, 15) is 24.6 Å². The molecule has 1 heterocycles. The molecule has 10 heteroatoms. The summed E-state index contributed by atoms with van der Waals surface area (Å²) in [7, 11) is 4.34. The molecule has 1 aliphatic heterocycles. The fraction of sp³-hybridized carbons (Fsp3) is 0.750. The largest absolute Gasteiger partial charge is 0.467 e. The lowest BCUT2D eigenvalue weighted by atomic mass is 9.85. The minimum atomic E-state index is -2.56. The summed E-state index contributed by atoms with van der Waals surface area (Å²) in [6.07, 6.45) is 1.46.